The van der Waals surface area contributed by atoms with Gasteiger partial charge in [0.15, 0.2) is 0 Å². The van der Waals surface area contributed by atoms with Crippen molar-refractivity contribution in [2.75, 3.05) is 26.2 Å². The van der Waals surface area contributed by atoms with Crippen LogP contribution in [0.5, 0.6) is 0 Å². The second kappa shape index (κ2) is 7.69. The van der Waals surface area contributed by atoms with Gasteiger partial charge in [0, 0.05) is 43.3 Å². The van der Waals surface area contributed by atoms with Crippen LogP contribution in [0, 0.1) is 5.92 Å². The van der Waals surface area contributed by atoms with Crippen molar-refractivity contribution in [1.29, 1.82) is 0 Å². The topological polar surface area (TPSA) is 106 Å². The van der Waals surface area contributed by atoms with Gasteiger partial charge in [-0.05, 0) is 12.0 Å². The second-order valence-corrected chi connectivity index (χ2v) is 7.04. The molecule has 1 unspecified atom stereocenters. The number of rotatable bonds is 4. The highest BCUT2D eigenvalue weighted by Gasteiger charge is 2.29. The maximum atomic E-state index is 12.8. The number of fused-ring (bicyclic) bond motifs is 1. The van der Waals surface area contributed by atoms with Crippen molar-refractivity contribution in [2.24, 2.45) is 5.92 Å². The number of aliphatic carboxylic acids is 1. The van der Waals surface area contributed by atoms with E-state index in [9.17, 15) is 19.5 Å². The number of amides is 3. The summed E-state index contributed by atoms with van der Waals surface area (Å²) in [5.41, 5.74) is 1.53. The first kappa shape index (κ1) is 18.8. The van der Waals surface area contributed by atoms with E-state index in [4.69, 9.17) is 0 Å². The Morgan fingerprint density at radius 2 is 1.70 bits per heavy atom. The highest BCUT2D eigenvalue weighted by molar-refractivity contribution is 6.06. The molecule has 0 spiro atoms. The third kappa shape index (κ3) is 3.89. The van der Waals surface area contributed by atoms with Gasteiger partial charge in [0.25, 0.3) is 5.91 Å². The van der Waals surface area contributed by atoms with Crippen molar-refractivity contribution in [2.45, 2.75) is 19.9 Å². The predicted molar refractivity (Wildman–Crippen MR) is 101 cm³/mol. The monoisotopic (exact) mass is 372 g/mol. The molecular weight excluding hydrogens is 348 g/mol. The summed E-state index contributed by atoms with van der Waals surface area (Å²) in [6.07, 6.45) is 1.71. The molecule has 1 atom stereocenters. The van der Waals surface area contributed by atoms with Gasteiger partial charge < -0.3 is 25.2 Å². The van der Waals surface area contributed by atoms with Crippen LogP contribution in [0.2, 0.25) is 0 Å². The largest absolute Gasteiger partial charge is 0.480 e. The lowest BCUT2D eigenvalue weighted by Crippen LogP contribution is -2.56. The van der Waals surface area contributed by atoms with Crippen molar-refractivity contribution in [3.63, 3.8) is 0 Å². The molecule has 1 fully saturated rings. The molecule has 0 aliphatic carbocycles. The summed E-state index contributed by atoms with van der Waals surface area (Å²) in [5.74, 6) is -1.33. The van der Waals surface area contributed by atoms with Crippen molar-refractivity contribution in [3.05, 3.63) is 36.0 Å². The van der Waals surface area contributed by atoms with Gasteiger partial charge in [0.05, 0.1) is 5.56 Å². The number of H-pyrrole nitrogens is 1. The number of urea groups is 1. The molecule has 1 aromatic carbocycles. The Morgan fingerprint density at radius 3 is 2.33 bits per heavy atom. The maximum Gasteiger partial charge on any atom is 0.326 e. The number of aromatic amines is 1. The Labute approximate surface area is 157 Å². The average molecular weight is 372 g/mol. The Hall–Kier alpha value is -3.03. The lowest BCUT2D eigenvalue weighted by Gasteiger charge is -2.35. The normalized spacial score (nSPS) is 15.8. The predicted octanol–water partition coefficient (Wildman–Crippen LogP) is 1.74. The molecule has 2 aromatic rings. The van der Waals surface area contributed by atoms with E-state index in [1.54, 1.807) is 29.8 Å². The molecule has 0 bridgehead atoms. The van der Waals surface area contributed by atoms with E-state index in [2.05, 4.69) is 10.3 Å². The molecule has 0 radical (unpaired) electrons. The number of piperazine rings is 1. The van der Waals surface area contributed by atoms with E-state index in [1.165, 1.54) is 0 Å². The van der Waals surface area contributed by atoms with Gasteiger partial charge in [-0.3, -0.25) is 4.79 Å². The Balaban J connectivity index is 1.61. The maximum absolute atomic E-state index is 12.8. The molecular formula is C19H24N4O4. The van der Waals surface area contributed by atoms with E-state index in [0.29, 0.717) is 31.7 Å². The molecule has 8 heteroatoms. The van der Waals surface area contributed by atoms with Crippen LogP contribution in [0.25, 0.3) is 10.9 Å². The number of nitrogens with zero attached hydrogens (tertiary/aromatic N) is 2. The van der Waals surface area contributed by atoms with E-state index >= 15 is 0 Å². The van der Waals surface area contributed by atoms with E-state index in [0.717, 1.165) is 10.9 Å². The number of carbonyl (C=O) groups is 3. The number of hydrogen-bond acceptors (Lipinski definition) is 3. The zero-order chi connectivity index (χ0) is 19.6. The van der Waals surface area contributed by atoms with Gasteiger partial charge >= 0.3 is 12.0 Å². The van der Waals surface area contributed by atoms with Gasteiger partial charge in [-0.15, -0.1) is 0 Å². The molecule has 27 heavy (non-hydrogen) atoms. The van der Waals surface area contributed by atoms with E-state index in [1.807, 2.05) is 24.3 Å². The molecule has 2 heterocycles. The number of nitrogens with one attached hydrogen (secondary N) is 2. The fourth-order valence-electron chi connectivity index (χ4n) is 3.27. The van der Waals surface area contributed by atoms with Crippen molar-refractivity contribution in [3.8, 4) is 0 Å². The first-order valence-electron chi connectivity index (χ1n) is 9.02. The molecule has 1 aromatic heterocycles. The van der Waals surface area contributed by atoms with Gasteiger partial charge in [-0.2, -0.15) is 0 Å². The van der Waals surface area contributed by atoms with Crippen molar-refractivity contribution in [1.82, 2.24) is 20.1 Å². The third-order valence-electron chi connectivity index (χ3n) is 4.89. The molecule has 8 nitrogen and oxygen atoms in total. The Kier molecular flexibility index (Phi) is 5.34. The van der Waals surface area contributed by atoms with Crippen LogP contribution >= 0.6 is 0 Å². The fraction of sp³-hybridized carbons (Fsp3) is 0.421. The molecule has 0 saturated carbocycles. The standard InChI is InChI=1S/C19H24N4O4/c1-12(2)16(18(25)26)21-19(27)23-9-7-22(8-10-23)17(24)14-11-20-15-6-4-3-5-13(14)15/h3-6,11-12,16,20H,7-10H2,1-2H3,(H,21,27)(H,25,26). The Morgan fingerprint density at radius 1 is 1.07 bits per heavy atom. The van der Waals surface area contributed by atoms with Crippen LogP contribution in [0.3, 0.4) is 0 Å². The number of carboxylic acids is 1. The summed E-state index contributed by atoms with van der Waals surface area (Å²) < 4.78 is 0. The van der Waals surface area contributed by atoms with E-state index < -0.39 is 18.0 Å². The minimum atomic E-state index is -1.05. The van der Waals surface area contributed by atoms with Gasteiger partial charge in [0.1, 0.15) is 6.04 Å². The van der Waals surface area contributed by atoms with Gasteiger partial charge in [-0.25, -0.2) is 9.59 Å². The highest BCUT2D eigenvalue weighted by Crippen LogP contribution is 2.20. The molecule has 1 saturated heterocycles. The molecule has 1 aliphatic heterocycles. The number of carbonyl (C=O) groups excluding carboxylic acids is 2. The second-order valence-electron chi connectivity index (χ2n) is 7.04. The summed E-state index contributed by atoms with van der Waals surface area (Å²) in [7, 11) is 0. The highest BCUT2D eigenvalue weighted by atomic mass is 16.4. The van der Waals surface area contributed by atoms with Crippen LogP contribution < -0.4 is 5.32 Å². The fourth-order valence-corrected chi connectivity index (χ4v) is 3.27. The quantitative estimate of drug-likeness (QED) is 0.760. The zero-order valence-electron chi connectivity index (χ0n) is 15.4. The average Bonchev–Trinajstić information content (AvgIpc) is 3.09. The van der Waals surface area contributed by atoms with Crippen LogP contribution in [-0.4, -0.2) is 70.0 Å². The van der Waals surface area contributed by atoms with Crippen LogP contribution in [0.1, 0.15) is 24.2 Å². The number of benzene rings is 1. The minimum Gasteiger partial charge on any atom is -0.480 e. The molecule has 3 rings (SSSR count). The van der Waals surface area contributed by atoms with Crippen molar-refractivity contribution < 1.29 is 19.5 Å². The number of hydrogen-bond donors (Lipinski definition) is 3. The lowest BCUT2D eigenvalue weighted by atomic mass is 10.1. The molecule has 144 valence electrons. The van der Waals surface area contributed by atoms with Crippen molar-refractivity contribution >= 4 is 28.8 Å². The summed E-state index contributed by atoms with van der Waals surface area (Å²) >= 11 is 0. The summed E-state index contributed by atoms with van der Waals surface area (Å²) in [6, 6.07) is 6.29. The first-order valence-corrected chi connectivity index (χ1v) is 9.02. The summed E-state index contributed by atoms with van der Waals surface area (Å²) in [5, 5.41) is 12.6. The van der Waals surface area contributed by atoms with Gasteiger partial charge in [0.2, 0.25) is 0 Å². The minimum absolute atomic E-state index is 0.0712. The van der Waals surface area contributed by atoms with Crippen LogP contribution in [0.4, 0.5) is 4.79 Å². The number of carboxylic acid groups (broad SMARTS) is 1. The summed E-state index contributed by atoms with van der Waals surface area (Å²) in [4.78, 5) is 42.8. The van der Waals surface area contributed by atoms with Gasteiger partial charge in [-0.1, -0.05) is 32.0 Å². The van der Waals surface area contributed by atoms with Crippen LogP contribution in [-0.2, 0) is 4.79 Å². The summed E-state index contributed by atoms with van der Waals surface area (Å²) in [6.45, 7) is 5.04. The Bertz CT molecular complexity index is 852. The molecule has 3 amide bonds. The van der Waals surface area contributed by atoms with Crippen LogP contribution in [0.15, 0.2) is 30.5 Å². The number of aromatic nitrogens is 1. The molecule has 3 N–H and O–H groups in total. The smallest absolute Gasteiger partial charge is 0.326 e. The lowest BCUT2D eigenvalue weighted by molar-refractivity contribution is -0.140. The third-order valence-corrected chi connectivity index (χ3v) is 4.89. The SMILES string of the molecule is CC(C)C(NC(=O)N1CCN(C(=O)c2c[nH]c3ccccc23)CC1)C(=O)O. The molecule has 1 aliphatic rings. The van der Waals surface area contributed by atoms with E-state index in [-0.39, 0.29) is 11.8 Å². The number of para-hydroxylation sites is 1. The first-order chi connectivity index (χ1) is 12.9. The zero-order valence-corrected chi connectivity index (χ0v) is 15.4.